The number of hydrogen-bond acceptors (Lipinski definition) is 4. The van der Waals surface area contributed by atoms with E-state index in [1.54, 1.807) is 0 Å². The second kappa shape index (κ2) is 6.34. The van der Waals surface area contributed by atoms with Crippen molar-refractivity contribution in [2.24, 2.45) is 5.73 Å². The van der Waals surface area contributed by atoms with Crippen molar-refractivity contribution in [1.82, 2.24) is 10.3 Å². The molecular formula is C15H19N3O2. The molecule has 0 fully saturated rings. The molecule has 5 nitrogen and oxygen atoms in total. The normalized spacial score (nSPS) is 12.2. The maximum atomic E-state index is 11.9. The van der Waals surface area contributed by atoms with E-state index in [0.717, 1.165) is 17.0 Å². The van der Waals surface area contributed by atoms with Crippen LogP contribution in [0, 0.1) is 13.8 Å². The van der Waals surface area contributed by atoms with E-state index in [1.807, 2.05) is 44.2 Å². The van der Waals surface area contributed by atoms with Crippen molar-refractivity contribution < 1.29 is 9.21 Å². The molecule has 1 atom stereocenters. The average Bonchev–Trinajstić information content (AvgIpc) is 2.76. The SMILES string of the molecule is Cc1nc(CNC(=O)[C@@H](N)Cc2ccccc2)oc1C. The third-order valence-electron chi connectivity index (χ3n) is 3.12. The number of oxazole rings is 1. The fraction of sp³-hybridized carbons (Fsp3) is 0.333. The summed E-state index contributed by atoms with van der Waals surface area (Å²) in [4.78, 5) is 16.1. The molecule has 5 heteroatoms. The number of amides is 1. The average molecular weight is 273 g/mol. The molecule has 1 aromatic carbocycles. The standard InChI is InChI=1S/C15H19N3O2/c1-10-11(2)20-14(18-10)9-17-15(19)13(16)8-12-6-4-3-5-7-12/h3-7,13H,8-9,16H2,1-2H3,(H,17,19)/t13-/m0/s1. The molecule has 3 N–H and O–H groups in total. The van der Waals surface area contributed by atoms with Crippen LogP contribution in [0.5, 0.6) is 0 Å². The second-order valence-electron chi connectivity index (χ2n) is 4.76. The van der Waals surface area contributed by atoms with Crippen LogP contribution in [0.15, 0.2) is 34.7 Å². The lowest BCUT2D eigenvalue weighted by atomic mass is 10.1. The van der Waals surface area contributed by atoms with Gasteiger partial charge < -0.3 is 15.5 Å². The number of nitrogens with zero attached hydrogens (tertiary/aromatic N) is 1. The summed E-state index contributed by atoms with van der Waals surface area (Å²) in [6.07, 6.45) is 0.510. The van der Waals surface area contributed by atoms with Crippen LogP contribution in [0.3, 0.4) is 0 Å². The molecule has 0 aliphatic carbocycles. The van der Waals surface area contributed by atoms with Gasteiger partial charge >= 0.3 is 0 Å². The molecule has 0 unspecified atom stereocenters. The van der Waals surface area contributed by atoms with Crippen molar-refractivity contribution in [3.8, 4) is 0 Å². The van der Waals surface area contributed by atoms with E-state index in [9.17, 15) is 4.79 Å². The number of aryl methyl sites for hydroxylation is 2. The summed E-state index contributed by atoms with van der Waals surface area (Å²) >= 11 is 0. The van der Waals surface area contributed by atoms with Crippen LogP contribution in [0.2, 0.25) is 0 Å². The fourth-order valence-electron chi connectivity index (χ4n) is 1.87. The maximum absolute atomic E-state index is 11.9. The van der Waals surface area contributed by atoms with Crippen LogP contribution in [0.1, 0.15) is 22.9 Å². The minimum absolute atomic E-state index is 0.206. The zero-order chi connectivity index (χ0) is 14.5. The predicted molar refractivity (Wildman–Crippen MR) is 75.9 cm³/mol. The van der Waals surface area contributed by atoms with E-state index < -0.39 is 6.04 Å². The summed E-state index contributed by atoms with van der Waals surface area (Å²) < 4.78 is 5.40. The molecule has 1 aromatic heterocycles. The molecular weight excluding hydrogens is 254 g/mol. The molecule has 2 rings (SSSR count). The van der Waals surface area contributed by atoms with Crippen molar-refractivity contribution in [3.63, 3.8) is 0 Å². The molecule has 0 aliphatic rings. The number of aromatic nitrogens is 1. The van der Waals surface area contributed by atoms with Crippen molar-refractivity contribution in [2.75, 3.05) is 0 Å². The highest BCUT2D eigenvalue weighted by atomic mass is 16.4. The van der Waals surface area contributed by atoms with Crippen LogP contribution in [-0.4, -0.2) is 16.9 Å². The smallest absolute Gasteiger partial charge is 0.237 e. The van der Waals surface area contributed by atoms with Crippen molar-refractivity contribution in [2.45, 2.75) is 32.9 Å². The largest absolute Gasteiger partial charge is 0.444 e. The van der Waals surface area contributed by atoms with Gasteiger partial charge in [0.2, 0.25) is 11.8 Å². The Bertz CT molecular complexity index is 559. The van der Waals surface area contributed by atoms with Gasteiger partial charge in [-0.25, -0.2) is 4.98 Å². The molecule has 2 aromatic rings. The van der Waals surface area contributed by atoms with Gasteiger partial charge in [0.25, 0.3) is 0 Å². The van der Waals surface area contributed by atoms with Crippen LogP contribution in [-0.2, 0) is 17.8 Å². The lowest BCUT2D eigenvalue weighted by Gasteiger charge is -2.11. The number of hydrogen-bond donors (Lipinski definition) is 2. The summed E-state index contributed by atoms with van der Waals surface area (Å²) in [5.41, 5.74) is 7.76. The Hall–Kier alpha value is -2.14. The van der Waals surface area contributed by atoms with E-state index in [1.165, 1.54) is 0 Å². The van der Waals surface area contributed by atoms with Crippen molar-refractivity contribution >= 4 is 5.91 Å². The van der Waals surface area contributed by atoms with Gasteiger partial charge in [-0.2, -0.15) is 0 Å². The lowest BCUT2D eigenvalue weighted by Crippen LogP contribution is -2.41. The van der Waals surface area contributed by atoms with E-state index in [0.29, 0.717) is 12.3 Å². The summed E-state index contributed by atoms with van der Waals surface area (Å²) in [6, 6.07) is 9.12. The third kappa shape index (κ3) is 3.68. The van der Waals surface area contributed by atoms with E-state index >= 15 is 0 Å². The lowest BCUT2D eigenvalue weighted by molar-refractivity contribution is -0.122. The molecule has 106 valence electrons. The van der Waals surface area contributed by atoms with Gasteiger partial charge in [-0.3, -0.25) is 4.79 Å². The molecule has 0 aliphatic heterocycles. The van der Waals surface area contributed by atoms with E-state index in [-0.39, 0.29) is 12.5 Å². The van der Waals surface area contributed by atoms with Crippen LogP contribution >= 0.6 is 0 Å². The topological polar surface area (TPSA) is 81.2 Å². The van der Waals surface area contributed by atoms with Crippen LogP contribution < -0.4 is 11.1 Å². The Morgan fingerprint density at radius 3 is 2.65 bits per heavy atom. The number of benzene rings is 1. The minimum atomic E-state index is -0.574. The van der Waals surface area contributed by atoms with Gasteiger partial charge in [-0.15, -0.1) is 0 Å². The zero-order valence-electron chi connectivity index (χ0n) is 11.7. The number of carbonyl (C=O) groups is 1. The quantitative estimate of drug-likeness (QED) is 0.864. The Kier molecular flexibility index (Phi) is 4.53. The summed E-state index contributed by atoms with van der Waals surface area (Å²) in [5.74, 6) is 1.06. The first kappa shape index (κ1) is 14.3. The molecule has 0 radical (unpaired) electrons. The summed E-state index contributed by atoms with van der Waals surface area (Å²) in [7, 11) is 0. The third-order valence-corrected chi connectivity index (χ3v) is 3.12. The summed E-state index contributed by atoms with van der Waals surface area (Å²) in [6.45, 7) is 3.97. The maximum Gasteiger partial charge on any atom is 0.237 e. The first-order valence-electron chi connectivity index (χ1n) is 6.56. The van der Waals surface area contributed by atoms with E-state index in [2.05, 4.69) is 10.3 Å². The zero-order valence-corrected chi connectivity index (χ0v) is 11.7. The Balaban J connectivity index is 1.85. The van der Waals surface area contributed by atoms with Gasteiger partial charge in [0.05, 0.1) is 18.3 Å². The second-order valence-corrected chi connectivity index (χ2v) is 4.76. The highest BCUT2D eigenvalue weighted by molar-refractivity contribution is 5.81. The van der Waals surface area contributed by atoms with Crippen LogP contribution in [0.25, 0.3) is 0 Å². The number of rotatable bonds is 5. The first-order chi connectivity index (χ1) is 9.56. The summed E-state index contributed by atoms with van der Waals surface area (Å²) in [5, 5.41) is 2.74. The molecule has 20 heavy (non-hydrogen) atoms. The van der Waals surface area contributed by atoms with Gasteiger partial charge in [-0.05, 0) is 25.8 Å². The number of carbonyl (C=O) groups excluding carboxylic acids is 1. The predicted octanol–water partition coefficient (Wildman–Crippen LogP) is 1.48. The van der Waals surface area contributed by atoms with Gasteiger partial charge in [-0.1, -0.05) is 30.3 Å². The number of nitrogens with one attached hydrogen (secondary N) is 1. The first-order valence-corrected chi connectivity index (χ1v) is 6.56. The van der Waals surface area contributed by atoms with Gasteiger partial charge in [0, 0.05) is 0 Å². The van der Waals surface area contributed by atoms with Crippen molar-refractivity contribution in [1.29, 1.82) is 0 Å². The number of nitrogens with two attached hydrogens (primary N) is 1. The molecule has 0 spiro atoms. The Labute approximate surface area is 118 Å². The van der Waals surface area contributed by atoms with Gasteiger partial charge in [0.1, 0.15) is 5.76 Å². The Morgan fingerprint density at radius 2 is 2.05 bits per heavy atom. The molecule has 0 saturated carbocycles. The monoisotopic (exact) mass is 273 g/mol. The highest BCUT2D eigenvalue weighted by Gasteiger charge is 2.15. The molecule has 0 saturated heterocycles. The van der Waals surface area contributed by atoms with Crippen LogP contribution in [0.4, 0.5) is 0 Å². The molecule has 1 amide bonds. The molecule has 0 bridgehead atoms. The fourth-order valence-corrected chi connectivity index (χ4v) is 1.87. The Morgan fingerprint density at radius 1 is 1.35 bits per heavy atom. The van der Waals surface area contributed by atoms with E-state index in [4.69, 9.17) is 10.2 Å². The highest BCUT2D eigenvalue weighted by Crippen LogP contribution is 2.08. The minimum Gasteiger partial charge on any atom is -0.444 e. The molecule has 1 heterocycles. The van der Waals surface area contributed by atoms with Gasteiger partial charge in [0.15, 0.2) is 0 Å². The van der Waals surface area contributed by atoms with Crippen molar-refractivity contribution in [3.05, 3.63) is 53.2 Å².